The number of benzene rings is 1. The maximum Gasteiger partial charge on any atom is 0.184 e. The van der Waals surface area contributed by atoms with Crippen molar-refractivity contribution in [2.24, 2.45) is 0 Å². The summed E-state index contributed by atoms with van der Waals surface area (Å²) >= 11 is 1.38. The molecule has 0 spiro atoms. The molecule has 4 heteroatoms. The summed E-state index contributed by atoms with van der Waals surface area (Å²) in [5, 5.41) is 12.8. The van der Waals surface area contributed by atoms with E-state index in [2.05, 4.69) is 35.4 Å². The average Bonchev–Trinajstić information content (AvgIpc) is 2.82. The Kier molecular flexibility index (Phi) is 3.40. The van der Waals surface area contributed by atoms with Crippen molar-refractivity contribution in [1.29, 1.82) is 5.26 Å². The maximum absolute atomic E-state index is 9.08. The highest BCUT2D eigenvalue weighted by Crippen LogP contribution is 2.30. The first kappa shape index (κ1) is 11.6. The third-order valence-electron chi connectivity index (χ3n) is 2.58. The van der Waals surface area contributed by atoms with Gasteiger partial charge in [0.15, 0.2) is 5.13 Å². The van der Waals surface area contributed by atoms with Gasteiger partial charge < -0.3 is 5.32 Å². The van der Waals surface area contributed by atoms with Gasteiger partial charge in [-0.15, -0.1) is 0 Å². The Morgan fingerprint density at radius 1 is 1.35 bits per heavy atom. The van der Waals surface area contributed by atoms with Gasteiger partial charge in [-0.25, -0.2) is 4.98 Å². The molecule has 1 N–H and O–H groups in total. The van der Waals surface area contributed by atoms with Gasteiger partial charge in [0.1, 0.15) is 16.6 Å². The van der Waals surface area contributed by atoms with Crippen molar-refractivity contribution in [2.45, 2.75) is 13.3 Å². The topological polar surface area (TPSA) is 48.7 Å². The van der Waals surface area contributed by atoms with Crippen LogP contribution in [0.2, 0.25) is 0 Å². The van der Waals surface area contributed by atoms with E-state index < -0.39 is 0 Å². The molecular weight excluding hydrogens is 230 g/mol. The highest BCUT2D eigenvalue weighted by Gasteiger charge is 2.11. The minimum atomic E-state index is 0.651. The Morgan fingerprint density at radius 3 is 2.59 bits per heavy atom. The Bertz CT molecular complexity index is 549. The fourth-order valence-corrected chi connectivity index (χ4v) is 2.33. The fraction of sp³-hybridized carbons (Fsp3) is 0.231. The van der Waals surface area contributed by atoms with Crippen molar-refractivity contribution >= 4 is 16.5 Å². The highest BCUT2D eigenvalue weighted by atomic mass is 32.1. The standard InChI is InChI=1S/C13H13N3S/c1-3-9-4-6-10(7-5-9)12-11(8-14)17-13(15-2)16-12/h4-7H,3H2,1-2H3,(H,15,16). The van der Waals surface area contributed by atoms with Gasteiger partial charge in [0.2, 0.25) is 0 Å². The average molecular weight is 243 g/mol. The van der Waals surface area contributed by atoms with Crippen LogP contribution < -0.4 is 5.32 Å². The van der Waals surface area contributed by atoms with Gasteiger partial charge in [0, 0.05) is 12.6 Å². The number of hydrogen-bond acceptors (Lipinski definition) is 4. The molecule has 3 nitrogen and oxygen atoms in total. The first-order chi connectivity index (χ1) is 8.28. The Balaban J connectivity index is 2.44. The smallest absolute Gasteiger partial charge is 0.184 e. The van der Waals surface area contributed by atoms with Crippen molar-refractivity contribution in [3.05, 3.63) is 34.7 Å². The minimum Gasteiger partial charge on any atom is -0.365 e. The summed E-state index contributed by atoms with van der Waals surface area (Å²) in [7, 11) is 1.81. The van der Waals surface area contributed by atoms with E-state index in [1.54, 1.807) is 0 Å². The molecule has 0 aliphatic carbocycles. The zero-order valence-corrected chi connectivity index (χ0v) is 10.6. The van der Waals surface area contributed by atoms with Gasteiger partial charge in [-0.05, 0) is 12.0 Å². The molecule has 2 aromatic rings. The lowest BCUT2D eigenvalue weighted by Crippen LogP contribution is -1.87. The van der Waals surface area contributed by atoms with E-state index in [0.717, 1.165) is 22.8 Å². The largest absolute Gasteiger partial charge is 0.365 e. The third-order valence-corrected chi connectivity index (χ3v) is 3.56. The monoisotopic (exact) mass is 243 g/mol. The lowest BCUT2D eigenvalue weighted by Gasteiger charge is -1.99. The van der Waals surface area contributed by atoms with Crippen molar-refractivity contribution in [2.75, 3.05) is 12.4 Å². The molecule has 1 aromatic carbocycles. The predicted molar refractivity (Wildman–Crippen MR) is 71.2 cm³/mol. The van der Waals surface area contributed by atoms with Crippen molar-refractivity contribution in [3.8, 4) is 17.3 Å². The zero-order valence-electron chi connectivity index (χ0n) is 9.82. The van der Waals surface area contributed by atoms with E-state index in [1.807, 2.05) is 19.2 Å². The minimum absolute atomic E-state index is 0.651. The van der Waals surface area contributed by atoms with Crippen LogP contribution in [0.3, 0.4) is 0 Å². The number of thiazole rings is 1. The second-order valence-corrected chi connectivity index (χ2v) is 4.61. The van der Waals surface area contributed by atoms with E-state index in [0.29, 0.717) is 4.88 Å². The number of nitrogens with one attached hydrogen (secondary N) is 1. The fourth-order valence-electron chi connectivity index (χ4n) is 1.60. The van der Waals surface area contributed by atoms with Crippen molar-refractivity contribution in [3.63, 3.8) is 0 Å². The molecule has 0 aliphatic rings. The van der Waals surface area contributed by atoms with E-state index >= 15 is 0 Å². The van der Waals surface area contributed by atoms with Gasteiger partial charge >= 0.3 is 0 Å². The zero-order chi connectivity index (χ0) is 12.3. The molecule has 0 amide bonds. The number of rotatable bonds is 3. The summed E-state index contributed by atoms with van der Waals surface area (Å²) < 4.78 is 0. The van der Waals surface area contributed by atoms with E-state index in [9.17, 15) is 0 Å². The van der Waals surface area contributed by atoms with E-state index in [-0.39, 0.29) is 0 Å². The molecule has 0 fully saturated rings. The molecule has 86 valence electrons. The van der Waals surface area contributed by atoms with E-state index in [4.69, 9.17) is 5.26 Å². The summed E-state index contributed by atoms with van der Waals surface area (Å²) in [5.74, 6) is 0. The van der Waals surface area contributed by atoms with Gasteiger partial charge in [-0.3, -0.25) is 0 Å². The number of aryl methyl sites for hydroxylation is 1. The van der Waals surface area contributed by atoms with Gasteiger partial charge in [0.25, 0.3) is 0 Å². The quantitative estimate of drug-likeness (QED) is 0.900. The second kappa shape index (κ2) is 4.98. The molecule has 0 bridgehead atoms. The summed E-state index contributed by atoms with van der Waals surface area (Å²) in [6.07, 6.45) is 1.02. The Hall–Kier alpha value is -1.86. The molecule has 0 radical (unpaired) electrons. The van der Waals surface area contributed by atoms with Crippen LogP contribution in [0.5, 0.6) is 0 Å². The van der Waals surface area contributed by atoms with Crippen molar-refractivity contribution < 1.29 is 0 Å². The first-order valence-corrected chi connectivity index (χ1v) is 6.28. The van der Waals surface area contributed by atoms with Crippen LogP contribution in [0.15, 0.2) is 24.3 Å². The SMILES string of the molecule is CCc1ccc(-c2nc(NC)sc2C#N)cc1. The van der Waals surface area contributed by atoms with Crippen LogP contribution in [0.1, 0.15) is 17.4 Å². The number of hydrogen-bond donors (Lipinski definition) is 1. The summed E-state index contributed by atoms with van der Waals surface area (Å²) in [6, 6.07) is 10.4. The molecule has 2 rings (SSSR count). The first-order valence-electron chi connectivity index (χ1n) is 5.46. The second-order valence-electron chi connectivity index (χ2n) is 3.61. The molecular formula is C13H13N3S. The molecule has 17 heavy (non-hydrogen) atoms. The van der Waals surface area contributed by atoms with Crippen LogP contribution in [-0.4, -0.2) is 12.0 Å². The van der Waals surface area contributed by atoms with Crippen molar-refractivity contribution in [1.82, 2.24) is 4.98 Å². The summed E-state index contributed by atoms with van der Waals surface area (Å²) in [4.78, 5) is 5.06. The van der Waals surface area contributed by atoms with Crippen LogP contribution in [0, 0.1) is 11.3 Å². The normalized spacial score (nSPS) is 9.94. The third kappa shape index (κ3) is 2.29. The maximum atomic E-state index is 9.08. The Morgan fingerprint density at radius 2 is 2.06 bits per heavy atom. The number of nitriles is 1. The summed E-state index contributed by atoms with van der Waals surface area (Å²) in [6.45, 7) is 2.12. The van der Waals surface area contributed by atoms with Crippen LogP contribution in [0.25, 0.3) is 11.3 Å². The number of nitrogens with zero attached hydrogens (tertiary/aromatic N) is 2. The highest BCUT2D eigenvalue weighted by molar-refractivity contribution is 7.16. The molecule has 0 saturated heterocycles. The number of anilines is 1. The lowest BCUT2D eigenvalue weighted by atomic mass is 10.1. The number of aromatic nitrogens is 1. The summed E-state index contributed by atoms with van der Waals surface area (Å²) in [5.41, 5.74) is 3.05. The molecule has 1 heterocycles. The molecule has 0 aliphatic heterocycles. The Labute approximate surface area is 105 Å². The molecule has 1 aromatic heterocycles. The molecule has 0 atom stereocenters. The van der Waals surface area contributed by atoms with Gasteiger partial charge in [-0.1, -0.05) is 42.5 Å². The van der Waals surface area contributed by atoms with E-state index in [1.165, 1.54) is 16.9 Å². The van der Waals surface area contributed by atoms with Crippen LogP contribution in [0.4, 0.5) is 5.13 Å². The van der Waals surface area contributed by atoms with Gasteiger partial charge in [-0.2, -0.15) is 5.26 Å². The predicted octanol–water partition coefficient (Wildman–Crippen LogP) is 3.29. The van der Waals surface area contributed by atoms with Crippen LogP contribution >= 0.6 is 11.3 Å². The van der Waals surface area contributed by atoms with Gasteiger partial charge in [0.05, 0.1) is 0 Å². The van der Waals surface area contributed by atoms with Crippen LogP contribution in [-0.2, 0) is 6.42 Å². The lowest BCUT2D eigenvalue weighted by molar-refractivity contribution is 1.14. The molecule has 0 unspecified atom stereocenters. The molecule has 0 saturated carbocycles.